The molecule has 6 heteroatoms. The topological polar surface area (TPSA) is 66.5 Å². The van der Waals surface area contributed by atoms with E-state index in [1.807, 2.05) is 95.9 Å². The number of Topliss-reactive ketones (excluding diaryl/α,β-unsaturated/α-hetero) is 2. The number of aryl methyl sites for hydroxylation is 1. The van der Waals surface area contributed by atoms with Gasteiger partial charge in [0, 0.05) is 27.5 Å². The largest absolute Gasteiger partial charge is 0.352 e. The van der Waals surface area contributed by atoms with Crippen LogP contribution < -0.4 is 10.2 Å². The molecule has 7 rings (SSSR count). The zero-order valence-corrected chi connectivity index (χ0v) is 23.8. The molecule has 0 aromatic heterocycles. The molecule has 1 amide bonds. The first kappa shape index (κ1) is 26.4. The minimum absolute atomic E-state index is 0.202. The lowest BCUT2D eigenvalue weighted by molar-refractivity contribution is -0.121. The number of hydrogen-bond donors (Lipinski definition) is 1. The van der Waals surface area contributed by atoms with Crippen molar-refractivity contribution in [1.82, 2.24) is 0 Å². The van der Waals surface area contributed by atoms with Crippen LogP contribution in [0.4, 0.5) is 11.4 Å². The van der Waals surface area contributed by atoms with Gasteiger partial charge in [0.2, 0.25) is 5.91 Å². The van der Waals surface area contributed by atoms with Gasteiger partial charge < -0.3 is 10.2 Å². The first-order valence-electron chi connectivity index (χ1n) is 14.3. The third-order valence-electron chi connectivity index (χ3n) is 8.98. The zero-order chi connectivity index (χ0) is 29.0. The fourth-order valence-corrected chi connectivity index (χ4v) is 7.41. The standard InChI is InChI=1S/C36H29ClN2O3/c1-2-8-22-13-15-24(16-14-22)33(40)31-32(34(41)23-9-4-3-5-10-23)39-29-19-18-26(37)21-25(29)17-20-30(39)36(31)27-11-6-7-12-28(27)38-35(36)42/h3-7,9-21,30-32H,2,8H2,1H3,(H,38,42). The molecule has 3 aliphatic rings. The molecule has 5 nitrogen and oxygen atoms in total. The van der Waals surface area contributed by atoms with E-state index >= 15 is 0 Å². The Hall–Kier alpha value is -4.48. The summed E-state index contributed by atoms with van der Waals surface area (Å²) in [4.78, 5) is 45.9. The van der Waals surface area contributed by atoms with E-state index < -0.39 is 23.4 Å². The van der Waals surface area contributed by atoms with Crippen LogP contribution in [-0.4, -0.2) is 29.6 Å². The monoisotopic (exact) mass is 572 g/mol. The highest BCUT2D eigenvalue weighted by Crippen LogP contribution is 2.58. The van der Waals surface area contributed by atoms with E-state index in [-0.39, 0.29) is 17.5 Å². The fourth-order valence-electron chi connectivity index (χ4n) is 7.23. The van der Waals surface area contributed by atoms with Gasteiger partial charge in [0.15, 0.2) is 11.6 Å². The van der Waals surface area contributed by atoms with Gasteiger partial charge in [-0.05, 0) is 47.4 Å². The van der Waals surface area contributed by atoms with E-state index in [1.54, 1.807) is 18.2 Å². The van der Waals surface area contributed by atoms with Crippen LogP contribution in [0, 0.1) is 5.92 Å². The van der Waals surface area contributed by atoms with Crippen molar-refractivity contribution in [3.05, 3.63) is 136 Å². The van der Waals surface area contributed by atoms with Gasteiger partial charge in [-0.1, -0.05) is 110 Å². The van der Waals surface area contributed by atoms with Crippen molar-refractivity contribution < 1.29 is 14.4 Å². The first-order chi connectivity index (χ1) is 20.4. The molecule has 0 radical (unpaired) electrons. The van der Waals surface area contributed by atoms with Crippen molar-refractivity contribution in [2.45, 2.75) is 37.3 Å². The number of carbonyl (C=O) groups excluding carboxylic acids is 3. The number of amides is 1. The predicted octanol–water partition coefficient (Wildman–Crippen LogP) is 7.15. The Morgan fingerprint density at radius 2 is 1.60 bits per heavy atom. The quantitative estimate of drug-likeness (QED) is 0.249. The van der Waals surface area contributed by atoms with E-state index in [9.17, 15) is 14.4 Å². The summed E-state index contributed by atoms with van der Waals surface area (Å²) in [6.45, 7) is 2.12. The maximum absolute atomic E-state index is 14.9. The van der Waals surface area contributed by atoms with Crippen LogP contribution in [0.1, 0.15) is 50.8 Å². The molecule has 1 N–H and O–H groups in total. The summed E-state index contributed by atoms with van der Waals surface area (Å²) in [6.07, 6.45) is 5.82. The number of ketones is 2. The molecule has 1 saturated heterocycles. The van der Waals surface area contributed by atoms with Gasteiger partial charge in [-0.3, -0.25) is 14.4 Å². The van der Waals surface area contributed by atoms with Crippen LogP contribution in [0.25, 0.3) is 6.08 Å². The number of fused-ring (bicyclic) bond motifs is 6. The molecule has 0 saturated carbocycles. The first-order valence-corrected chi connectivity index (χ1v) is 14.7. The lowest BCUT2D eigenvalue weighted by atomic mass is 9.64. The van der Waals surface area contributed by atoms with Crippen LogP contribution in [0.2, 0.25) is 5.02 Å². The third kappa shape index (κ3) is 3.80. The molecule has 0 bridgehead atoms. The van der Waals surface area contributed by atoms with E-state index in [4.69, 9.17) is 11.6 Å². The highest BCUT2D eigenvalue weighted by Gasteiger charge is 2.70. The maximum atomic E-state index is 14.9. The average molecular weight is 573 g/mol. The number of benzene rings is 4. The van der Waals surface area contributed by atoms with Crippen LogP contribution in [0.3, 0.4) is 0 Å². The molecule has 42 heavy (non-hydrogen) atoms. The number of para-hydroxylation sites is 1. The van der Waals surface area contributed by atoms with E-state index in [2.05, 4.69) is 12.2 Å². The van der Waals surface area contributed by atoms with Crippen LogP contribution in [0.5, 0.6) is 0 Å². The summed E-state index contributed by atoms with van der Waals surface area (Å²) in [6, 6.07) is 28.2. The molecular weight excluding hydrogens is 544 g/mol. The van der Waals surface area contributed by atoms with E-state index in [0.29, 0.717) is 21.8 Å². The third-order valence-corrected chi connectivity index (χ3v) is 9.22. The second-order valence-electron chi connectivity index (χ2n) is 11.2. The summed E-state index contributed by atoms with van der Waals surface area (Å²) in [5.41, 5.74) is 3.79. The minimum atomic E-state index is -1.33. The lowest BCUT2D eigenvalue weighted by Gasteiger charge is -2.37. The smallest absolute Gasteiger partial charge is 0.238 e. The number of halogens is 1. The van der Waals surface area contributed by atoms with Gasteiger partial charge in [-0.15, -0.1) is 0 Å². The van der Waals surface area contributed by atoms with Gasteiger partial charge in [0.25, 0.3) is 0 Å². The van der Waals surface area contributed by atoms with Crippen molar-refractivity contribution in [3.8, 4) is 0 Å². The molecular formula is C36H29ClN2O3. The number of rotatable bonds is 6. The Kier molecular flexibility index (Phi) is 6.36. The summed E-state index contributed by atoms with van der Waals surface area (Å²) >= 11 is 6.38. The van der Waals surface area contributed by atoms with Gasteiger partial charge in [0.1, 0.15) is 11.5 Å². The van der Waals surface area contributed by atoms with Crippen molar-refractivity contribution in [2.75, 3.05) is 10.2 Å². The molecule has 3 heterocycles. The van der Waals surface area contributed by atoms with Crippen molar-refractivity contribution in [1.29, 1.82) is 0 Å². The normalized spacial score (nSPS) is 23.3. The summed E-state index contributed by atoms with van der Waals surface area (Å²) in [7, 11) is 0. The number of nitrogens with one attached hydrogen (secondary N) is 1. The minimum Gasteiger partial charge on any atom is -0.352 e. The Bertz CT molecular complexity index is 1760. The summed E-state index contributed by atoms with van der Waals surface area (Å²) < 4.78 is 0. The zero-order valence-electron chi connectivity index (χ0n) is 23.1. The molecule has 0 aliphatic carbocycles. The number of carbonyl (C=O) groups is 3. The SMILES string of the molecule is CCCc1ccc(C(=O)C2C(C(=O)c3ccccc3)N3c4ccc(Cl)cc4C=CC3C23C(=O)Nc2ccccc23)cc1. The highest BCUT2D eigenvalue weighted by molar-refractivity contribution is 6.31. The van der Waals surface area contributed by atoms with Gasteiger partial charge in [0.05, 0.1) is 12.0 Å². The van der Waals surface area contributed by atoms with Crippen molar-refractivity contribution in [3.63, 3.8) is 0 Å². The van der Waals surface area contributed by atoms with Crippen molar-refractivity contribution >= 4 is 46.5 Å². The highest BCUT2D eigenvalue weighted by atomic mass is 35.5. The van der Waals surface area contributed by atoms with E-state index in [0.717, 1.165) is 35.2 Å². The van der Waals surface area contributed by atoms with Crippen LogP contribution in [-0.2, 0) is 16.6 Å². The number of hydrogen-bond acceptors (Lipinski definition) is 4. The Balaban J connectivity index is 1.50. The molecule has 4 aromatic rings. The molecule has 4 aromatic carbocycles. The Labute approximate surface area is 249 Å². The van der Waals surface area contributed by atoms with Crippen molar-refractivity contribution in [2.24, 2.45) is 5.92 Å². The predicted molar refractivity (Wildman–Crippen MR) is 166 cm³/mol. The molecule has 1 fully saturated rings. The number of nitrogens with zero attached hydrogens (tertiary/aromatic N) is 1. The molecule has 3 aliphatic heterocycles. The van der Waals surface area contributed by atoms with E-state index in [1.165, 1.54) is 0 Å². The molecule has 4 atom stereocenters. The second kappa shape index (κ2) is 10.1. The summed E-state index contributed by atoms with van der Waals surface area (Å²) in [5, 5.41) is 3.64. The molecule has 4 unspecified atom stereocenters. The molecule has 1 spiro atoms. The van der Waals surface area contributed by atoms with Crippen LogP contribution >= 0.6 is 11.6 Å². The Morgan fingerprint density at radius 3 is 2.36 bits per heavy atom. The maximum Gasteiger partial charge on any atom is 0.238 e. The molecule has 208 valence electrons. The fraction of sp³-hybridized carbons (Fsp3) is 0.194. The summed E-state index contributed by atoms with van der Waals surface area (Å²) in [5.74, 6) is -1.70. The Morgan fingerprint density at radius 1 is 0.881 bits per heavy atom. The average Bonchev–Trinajstić information content (AvgIpc) is 3.49. The lowest BCUT2D eigenvalue weighted by Crippen LogP contribution is -2.51. The van der Waals surface area contributed by atoms with Gasteiger partial charge >= 0.3 is 0 Å². The van der Waals surface area contributed by atoms with Crippen LogP contribution in [0.15, 0.2) is 103 Å². The second-order valence-corrected chi connectivity index (χ2v) is 11.7. The van der Waals surface area contributed by atoms with Gasteiger partial charge in [-0.2, -0.15) is 0 Å². The van der Waals surface area contributed by atoms with Gasteiger partial charge in [-0.25, -0.2) is 0 Å². The number of anilines is 2.